The molecule has 0 aliphatic carbocycles. The van der Waals surface area contributed by atoms with Gasteiger partial charge in [-0.1, -0.05) is 18.2 Å². The number of benzene rings is 1. The van der Waals surface area contributed by atoms with Crippen molar-refractivity contribution in [2.24, 2.45) is 0 Å². The van der Waals surface area contributed by atoms with Crippen LogP contribution in [0, 0.1) is 0 Å². The molecule has 1 aromatic rings. The van der Waals surface area contributed by atoms with Gasteiger partial charge in [-0.15, -0.1) is 11.8 Å². The number of thioether (sulfide) groups is 1. The second-order valence-corrected chi connectivity index (χ2v) is 5.76. The van der Waals surface area contributed by atoms with E-state index in [4.69, 9.17) is 4.74 Å². The standard InChI is InChI=1S/C10H12O2S2/c11-14(8-10-12-6-7-13-10)9-4-2-1-3-5-9/h1-5,10H,6-8H2. The lowest BCUT2D eigenvalue weighted by Gasteiger charge is -2.07. The van der Waals surface area contributed by atoms with E-state index in [1.165, 1.54) is 0 Å². The molecule has 1 aliphatic heterocycles. The summed E-state index contributed by atoms with van der Waals surface area (Å²) in [7, 11) is -0.919. The fourth-order valence-electron chi connectivity index (χ4n) is 1.30. The minimum absolute atomic E-state index is 0.121. The minimum atomic E-state index is -0.919. The van der Waals surface area contributed by atoms with E-state index in [-0.39, 0.29) is 5.44 Å². The zero-order valence-electron chi connectivity index (χ0n) is 7.72. The topological polar surface area (TPSA) is 26.3 Å². The maximum absolute atomic E-state index is 11.8. The molecule has 1 fully saturated rings. The Morgan fingerprint density at radius 2 is 2.21 bits per heavy atom. The number of ether oxygens (including phenoxy) is 1. The molecule has 1 heterocycles. The van der Waals surface area contributed by atoms with Gasteiger partial charge in [-0.3, -0.25) is 4.21 Å². The van der Waals surface area contributed by atoms with Crippen LogP contribution in [0.3, 0.4) is 0 Å². The van der Waals surface area contributed by atoms with E-state index in [1.807, 2.05) is 30.3 Å². The van der Waals surface area contributed by atoms with E-state index < -0.39 is 10.8 Å². The molecule has 0 N–H and O–H groups in total. The maximum atomic E-state index is 11.8. The van der Waals surface area contributed by atoms with Crippen LogP contribution in [0.5, 0.6) is 0 Å². The van der Waals surface area contributed by atoms with Crippen LogP contribution < -0.4 is 0 Å². The van der Waals surface area contributed by atoms with Crippen LogP contribution in [0.25, 0.3) is 0 Å². The molecule has 2 atom stereocenters. The summed E-state index contributed by atoms with van der Waals surface area (Å²) in [4.78, 5) is 0.892. The highest BCUT2D eigenvalue weighted by Gasteiger charge is 2.19. The molecular weight excluding hydrogens is 216 g/mol. The molecule has 0 amide bonds. The van der Waals surface area contributed by atoms with Crippen LogP contribution >= 0.6 is 11.8 Å². The summed E-state index contributed by atoms with van der Waals surface area (Å²) in [5.74, 6) is 1.63. The molecule has 0 aromatic heterocycles. The van der Waals surface area contributed by atoms with Gasteiger partial charge in [0, 0.05) is 10.6 Å². The first-order valence-corrected chi connectivity index (χ1v) is 6.89. The highest BCUT2D eigenvalue weighted by atomic mass is 32.2. The lowest BCUT2D eigenvalue weighted by Crippen LogP contribution is -2.12. The molecule has 1 aromatic carbocycles. The molecule has 14 heavy (non-hydrogen) atoms. The van der Waals surface area contributed by atoms with Crippen molar-refractivity contribution in [2.45, 2.75) is 10.3 Å². The Balaban J connectivity index is 1.95. The van der Waals surface area contributed by atoms with E-state index >= 15 is 0 Å². The van der Waals surface area contributed by atoms with Gasteiger partial charge in [0.15, 0.2) is 0 Å². The Morgan fingerprint density at radius 1 is 1.43 bits per heavy atom. The van der Waals surface area contributed by atoms with Crippen molar-refractivity contribution < 1.29 is 8.95 Å². The molecule has 2 unspecified atom stereocenters. The van der Waals surface area contributed by atoms with Crippen LogP contribution in [0.2, 0.25) is 0 Å². The van der Waals surface area contributed by atoms with E-state index in [2.05, 4.69) is 0 Å². The average Bonchev–Trinajstić information content (AvgIpc) is 2.72. The average molecular weight is 228 g/mol. The Morgan fingerprint density at radius 3 is 2.86 bits per heavy atom. The van der Waals surface area contributed by atoms with Crippen LogP contribution in [0.15, 0.2) is 35.2 Å². The fourth-order valence-corrected chi connectivity index (χ4v) is 3.70. The Hall–Kier alpha value is -0.320. The predicted molar refractivity (Wildman–Crippen MR) is 59.9 cm³/mol. The monoisotopic (exact) mass is 228 g/mol. The highest BCUT2D eigenvalue weighted by molar-refractivity contribution is 8.00. The molecule has 2 rings (SSSR count). The molecule has 1 aliphatic rings. The molecule has 0 radical (unpaired) electrons. The van der Waals surface area contributed by atoms with Crippen LogP contribution in [-0.2, 0) is 15.5 Å². The van der Waals surface area contributed by atoms with Crippen molar-refractivity contribution in [1.29, 1.82) is 0 Å². The van der Waals surface area contributed by atoms with Gasteiger partial charge in [0.05, 0.1) is 23.2 Å². The zero-order chi connectivity index (χ0) is 9.80. The predicted octanol–water partition coefficient (Wildman–Crippen LogP) is 1.88. The summed E-state index contributed by atoms with van der Waals surface area (Å²) in [6.45, 7) is 0.793. The molecule has 76 valence electrons. The van der Waals surface area contributed by atoms with Gasteiger partial charge in [0.2, 0.25) is 0 Å². The third-order valence-corrected chi connectivity index (χ3v) is 4.68. The summed E-state index contributed by atoms with van der Waals surface area (Å²) in [6, 6.07) is 9.55. The Labute approximate surface area is 90.5 Å². The van der Waals surface area contributed by atoms with Crippen molar-refractivity contribution in [2.75, 3.05) is 18.1 Å². The third-order valence-electron chi connectivity index (χ3n) is 1.98. The SMILES string of the molecule is O=S(CC1OCCS1)c1ccccc1. The molecular formula is C10H12O2S2. The second kappa shape index (κ2) is 4.96. The summed E-state index contributed by atoms with van der Waals surface area (Å²) < 4.78 is 17.2. The van der Waals surface area contributed by atoms with Gasteiger partial charge >= 0.3 is 0 Å². The lowest BCUT2D eigenvalue weighted by molar-refractivity contribution is 0.158. The van der Waals surface area contributed by atoms with Crippen molar-refractivity contribution in [1.82, 2.24) is 0 Å². The van der Waals surface area contributed by atoms with Gasteiger partial charge < -0.3 is 4.74 Å². The molecule has 4 heteroatoms. The van der Waals surface area contributed by atoms with E-state index in [0.29, 0.717) is 5.75 Å². The van der Waals surface area contributed by atoms with Gasteiger partial charge in [0.1, 0.15) is 5.44 Å². The first kappa shape index (κ1) is 10.2. The van der Waals surface area contributed by atoms with Gasteiger partial charge in [-0.05, 0) is 12.1 Å². The van der Waals surface area contributed by atoms with Crippen LogP contribution in [0.4, 0.5) is 0 Å². The smallest absolute Gasteiger partial charge is 0.115 e. The normalized spacial score (nSPS) is 23.6. The molecule has 2 nitrogen and oxygen atoms in total. The van der Waals surface area contributed by atoms with Crippen molar-refractivity contribution in [3.05, 3.63) is 30.3 Å². The zero-order valence-corrected chi connectivity index (χ0v) is 9.35. The highest BCUT2D eigenvalue weighted by Crippen LogP contribution is 2.22. The number of hydrogen-bond donors (Lipinski definition) is 0. The quantitative estimate of drug-likeness (QED) is 0.790. The summed E-state index contributed by atoms with van der Waals surface area (Å²) >= 11 is 1.75. The first-order valence-electron chi connectivity index (χ1n) is 4.53. The summed E-state index contributed by atoms with van der Waals surface area (Å²) in [6.07, 6.45) is 0. The summed E-state index contributed by atoms with van der Waals surface area (Å²) in [5.41, 5.74) is 0.121. The van der Waals surface area contributed by atoms with Crippen LogP contribution in [-0.4, -0.2) is 27.8 Å². The van der Waals surface area contributed by atoms with Crippen molar-refractivity contribution >= 4 is 22.6 Å². The first-order chi connectivity index (χ1) is 6.86. The maximum Gasteiger partial charge on any atom is 0.115 e. The second-order valence-electron chi connectivity index (χ2n) is 3.00. The van der Waals surface area contributed by atoms with Gasteiger partial charge in [-0.25, -0.2) is 0 Å². The molecule has 0 bridgehead atoms. The van der Waals surface area contributed by atoms with Crippen LogP contribution in [0.1, 0.15) is 0 Å². The lowest BCUT2D eigenvalue weighted by atomic mass is 10.4. The molecule has 0 saturated carbocycles. The van der Waals surface area contributed by atoms with E-state index in [9.17, 15) is 4.21 Å². The minimum Gasteiger partial charge on any atom is -0.366 e. The number of rotatable bonds is 3. The fraction of sp³-hybridized carbons (Fsp3) is 0.400. The van der Waals surface area contributed by atoms with Gasteiger partial charge in [-0.2, -0.15) is 0 Å². The third kappa shape index (κ3) is 2.59. The van der Waals surface area contributed by atoms with Gasteiger partial charge in [0.25, 0.3) is 0 Å². The molecule has 0 spiro atoms. The van der Waals surface area contributed by atoms with E-state index in [1.54, 1.807) is 11.8 Å². The molecule has 1 saturated heterocycles. The number of hydrogen-bond acceptors (Lipinski definition) is 3. The van der Waals surface area contributed by atoms with Crippen molar-refractivity contribution in [3.8, 4) is 0 Å². The van der Waals surface area contributed by atoms with E-state index in [0.717, 1.165) is 17.3 Å². The largest absolute Gasteiger partial charge is 0.366 e. The summed E-state index contributed by atoms with van der Waals surface area (Å²) in [5, 5.41) is 0. The van der Waals surface area contributed by atoms with Crippen molar-refractivity contribution in [3.63, 3.8) is 0 Å². The Bertz CT molecular complexity index is 307. The Kier molecular flexibility index (Phi) is 3.61.